The van der Waals surface area contributed by atoms with Gasteiger partial charge < -0.3 is 9.47 Å². The molecule has 0 bridgehead atoms. The van der Waals surface area contributed by atoms with Crippen LogP contribution in [0.1, 0.15) is 18.1 Å². The molecule has 1 aromatic carbocycles. The summed E-state index contributed by atoms with van der Waals surface area (Å²) in [4.78, 5) is 0. The zero-order valence-corrected chi connectivity index (χ0v) is 10.1. The van der Waals surface area contributed by atoms with Gasteiger partial charge in [0.2, 0.25) is 0 Å². The lowest BCUT2D eigenvalue weighted by molar-refractivity contribution is 0.394. The van der Waals surface area contributed by atoms with Crippen molar-refractivity contribution in [1.29, 1.82) is 0 Å². The molecule has 2 nitrogen and oxygen atoms in total. The molecule has 1 aliphatic rings. The van der Waals surface area contributed by atoms with E-state index in [1.54, 1.807) is 14.2 Å². The number of hydrogen-bond acceptors (Lipinski definition) is 2. The summed E-state index contributed by atoms with van der Waals surface area (Å²) in [7, 11) is 3.45. The van der Waals surface area contributed by atoms with E-state index in [4.69, 9.17) is 9.47 Å². The minimum atomic E-state index is 0.558. The number of benzene rings is 1. The quantitative estimate of drug-likeness (QED) is 0.710. The van der Waals surface area contributed by atoms with Crippen LogP contribution in [-0.2, 0) is 12.8 Å². The summed E-state index contributed by atoms with van der Waals surface area (Å²) < 4.78 is 10.8. The van der Waals surface area contributed by atoms with Gasteiger partial charge in [-0.1, -0.05) is 19.1 Å². The van der Waals surface area contributed by atoms with Gasteiger partial charge in [0.15, 0.2) is 0 Å². The van der Waals surface area contributed by atoms with Crippen molar-refractivity contribution >= 4 is 0 Å². The smallest absolute Gasteiger partial charge is 0.122 e. The first kappa shape index (κ1) is 11.1. The van der Waals surface area contributed by atoms with E-state index in [-0.39, 0.29) is 0 Å². The molecule has 0 aromatic heterocycles. The SMILES string of the molecule is COc1ccc(OC)c2c1CC=CC(C)C2. The molecule has 1 unspecified atom stereocenters. The van der Waals surface area contributed by atoms with Crippen molar-refractivity contribution in [2.45, 2.75) is 19.8 Å². The summed E-state index contributed by atoms with van der Waals surface area (Å²) in [5.74, 6) is 2.50. The van der Waals surface area contributed by atoms with E-state index in [0.717, 1.165) is 24.3 Å². The monoisotopic (exact) mass is 218 g/mol. The van der Waals surface area contributed by atoms with Crippen molar-refractivity contribution in [1.82, 2.24) is 0 Å². The molecule has 16 heavy (non-hydrogen) atoms. The summed E-state index contributed by atoms with van der Waals surface area (Å²) in [5.41, 5.74) is 2.56. The third-order valence-corrected chi connectivity index (χ3v) is 3.10. The summed E-state index contributed by atoms with van der Waals surface area (Å²) in [6.45, 7) is 2.23. The predicted molar refractivity (Wildman–Crippen MR) is 65.3 cm³/mol. The first-order valence-corrected chi connectivity index (χ1v) is 5.65. The van der Waals surface area contributed by atoms with E-state index in [9.17, 15) is 0 Å². The normalized spacial score (nSPS) is 18.8. The predicted octanol–water partition coefficient (Wildman–Crippen LogP) is 2.99. The Balaban J connectivity index is 2.53. The summed E-state index contributed by atoms with van der Waals surface area (Å²) in [6, 6.07) is 3.98. The first-order chi connectivity index (χ1) is 7.76. The molecule has 0 saturated heterocycles. The van der Waals surface area contributed by atoms with Crippen molar-refractivity contribution in [2.24, 2.45) is 5.92 Å². The molecule has 0 aliphatic heterocycles. The highest BCUT2D eigenvalue weighted by Crippen LogP contribution is 2.34. The Kier molecular flexibility index (Phi) is 3.18. The number of hydrogen-bond donors (Lipinski definition) is 0. The molecule has 1 atom stereocenters. The van der Waals surface area contributed by atoms with Crippen LogP contribution in [0.15, 0.2) is 24.3 Å². The second-order valence-corrected chi connectivity index (χ2v) is 4.24. The second-order valence-electron chi connectivity index (χ2n) is 4.24. The number of methoxy groups -OCH3 is 2. The van der Waals surface area contributed by atoms with Crippen molar-refractivity contribution in [2.75, 3.05) is 14.2 Å². The largest absolute Gasteiger partial charge is 0.496 e. The fourth-order valence-corrected chi connectivity index (χ4v) is 2.29. The van der Waals surface area contributed by atoms with Crippen LogP contribution in [0, 0.1) is 5.92 Å². The third kappa shape index (κ3) is 1.92. The van der Waals surface area contributed by atoms with Crippen LogP contribution in [0.25, 0.3) is 0 Å². The van der Waals surface area contributed by atoms with Gasteiger partial charge in [-0.15, -0.1) is 0 Å². The van der Waals surface area contributed by atoms with Gasteiger partial charge in [-0.3, -0.25) is 0 Å². The Morgan fingerprint density at radius 3 is 2.31 bits per heavy atom. The van der Waals surface area contributed by atoms with Crippen molar-refractivity contribution in [3.05, 3.63) is 35.4 Å². The fourth-order valence-electron chi connectivity index (χ4n) is 2.29. The Bertz CT molecular complexity index is 407. The number of ether oxygens (including phenoxy) is 2. The van der Waals surface area contributed by atoms with Gasteiger partial charge in [0.1, 0.15) is 11.5 Å². The molecule has 1 aromatic rings. The number of allylic oxidation sites excluding steroid dienone is 2. The van der Waals surface area contributed by atoms with Crippen LogP contribution in [0.3, 0.4) is 0 Å². The van der Waals surface area contributed by atoms with Crippen molar-refractivity contribution in [3.8, 4) is 11.5 Å². The fraction of sp³-hybridized carbons (Fsp3) is 0.429. The topological polar surface area (TPSA) is 18.5 Å². The number of rotatable bonds is 2. The van der Waals surface area contributed by atoms with E-state index < -0.39 is 0 Å². The zero-order chi connectivity index (χ0) is 11.5. The molecule has 0 saturated carbocycles. The zero-order valence-electron chi connectivity index (χ0n) is 10.1. The highest BCUT2D eigenvalue weighted by atomic mass is 16.5. The molecule has 1 aliphatic carbocycles. The van der Waals surface area contributed by atoms with Crippen LogP contribution in [0.4, 0.5) is 0 Å². The Labute approximate surface area is 96.9 Å². The maximum absolute atomic E-state index is 5.43. The highest BCUT2D eigenvalue weighted by molar-refractivity contribution is 5.50. The first-order valence-electron chi connectivity index (χ1n) is 5.65. The van der Waals surface area contributed by atoms with Crippen LogP contribution in [0.2, 0.25) is 0 Å². The van der Waals surface area contributed by atoms with Crippen molar-refractivity contribution in [3.63, 3.8) is 0 Å². The van der Waals surface area contributed by atoms with Crippen LogP contribution in [-0.4, -0.2) is 14.2 Å². The van der Waals surface area contributed by atoms with Gasteiger partial charge in [0.05, 0.1) is 14.2 Å². The molecule has 0 spiro atoms. The highest BCUT2D eigenvalue weighted by Gasteiger charge is 2.17. The minimum absolute atomic E-state index is 0.558. The average Bonchev–Trinajstić information content (AvgIpc) is 2.49. The maximum Gasteiger partial charge on any atom is 0.122 e. The lowest BCUT2D eigenvalue weighted by Gasteiger charge is -2.16. The van der Waals surface area contributed by atoms with Gasteiger partial charge >= 0.3 is 0 Å². The summed E-state index contributed by atoms with van der Waals surface area (Å²) in [6.07, 6.45) is 6.43. The van der Waals surface area contributed by atoms with Crippen LogP contribution in [0.5, 0.6) is 11.5 Å². The van der Waals surface area contributed by atoms with Crippen LogP contribution < -0.4 is 9.47 Å². The Morgan fingerprint density at radius 2 is 1.69 bits per heavy atom. The molecule has 2 heteroatoms. The Hall–Kier alpha value is -1.44. The van der Waals surface area contributed by atoms with Gasteiger partial charge in [-0.2, -0.15) is 0 Å². The molecule has 86 valence electrons. The molecule has 0 radical (unpaired) electrons. The lowest BCUT2D eigenvalue weighted by atomic mass is 9.97. The van der Waals surface area contributed by atoms with Gasteiger partial charge in [0, 0.05) is 11.1 Å². The van der Waals surface area contributed by atoms with E-state index in [1.165, 1.54) is 11.1 Å². The van der Waals surface area contributed by atoms with Crippen molar-refractivity contribution < 1.29 is 9.47 Å². The molecular weight excluding hydrogens is 200 g/mol. The maximum atomic E-state index is 5.43. The molecular formula is C14H18O2. The van der Waals surface area contributed by atoms with E-state index in [1.807, 2.05) is 12.1 Å². The summed E-state index contributed by atoms with van der Waals surface area (Å²) in [5, 5.41) is 0. The molecule has 0 fully saturated rings. The lowest BCUT2D eigenvalue weighted by Crippen LogP contribution is -2.02. The van der Waals surface area contributed by atoms with Gasteiger partial charge in [0.25, 0.3) is 0 Å². The summed E-state index contributed by atoms with van der Waals surface area (Å²) >= 11 is 0. The van der Waals surface area contributed by atoms with E-state index in [2.05, 4.69) is 19.1 Å². The number of fused-ring (bicyclic) bond motifs is 1. The van der Waals surface area contributed by atoms with Gasteiger partial charge in [-0.25, -0.2) is 0 Å². The second kappa shape index (κ2) is 4.60. The Morgan fingerprint density at radius 1 is 1.06 bits per heavy atom. The average molecular weight is 218 g/mol. The molecule has 2 rings (SSSR count). The molecule has 0 heterocycles. The minimum Gasteiger partial charge on any atom is -0.496 e. The standard InChI is InChI=1S/C14H18O2/c1-10-5-4-6-11-12(9-10)14(16-3)8-7-13(11)15-2/h4-5,7-8,10H,6,9H2,1-3H3. The molecule has 0 N–H and O–H groups in total. The van der Waals surface area contributed by atoms with E-state index in [0.29, 0.717) is 5.92 Å². The van der Waals surface area contributed by atoms with E-state index >= 15 is 0 Å². The van der Waals surface area contributed by atoms with Crippen LogP contribution >= 0.6 is 0 Å². The van der Waals surface area contributed by atoms with Gasteiger partial charge in [-0.05, 0) is 30.9 Å². The molecule has 0 amide bonds. The third-order valence-electron chi connectivity index (χ3n) is 3.10.